The molecule has 2 heterocycles. The molecule has 0 unspecified atom stereocenters. The summed E-state index contributed by atoms with van der Waals surface area (Å²) >= 11 is 6.02. The van der Waals surface area contributed by atoms with Gasteiger partial charge in [0.2, 0.25) is 5.91 Å². The van der Waals surface area contributed by atoms with Gasteiger partial charge in [-0.3, -0.25) is 14.7 Å². The number of rotatable bonds is 8. The van der Waals surface area contributed by atoms with E-state index in [1.54, 1.807) is 0 Å². The maximum atomic E-state index is 13.1. The van der Waals surface area contributed by atoms with Gasteiger partial charge >= 0.3 is 0 Å². The molecule has 1 aliphatic heterocycles. The third kappa shape index (κ3) is 5.31. The fraction of sp³-hybridized carbons (Fsp3) is 0.455. The van der Waals surface area contributed by atoms with Crippen molar-refractivity contribution in [3.05, 3.63) is 64.9 Å². The van der Waals surface area contributed by atoms with E-state index in [0.717, 1.165) is 44.2 Å². The molecule has 3 rings (SSSR count). The summed E-state index contributed by atoms with van der Waals surface area (Å²) in [5, 5.41) is 4.36. The average Bonchev–Trinajstić information content (AvgIpc) is 3.12. The summed E-state index contributed by atoms with van der Waals surface area (Å²) in [4.78, 5) is 21.4. The molecule has 0 spiro atoms. The minimum Gasteiger partial charge on any atom is -0.342 e. The van der Waals surface area contributed by atoms with Crippen LogP contribution in [0.5, 0.6) is 0 Å². The molecule has 1 saturated heterocycles. The van der Waals surface area contributed by atoms with Gasteiger partial charge in [0, 0.05) is 56.2 Å². The fourth-order valence-corrected chi connectivity index (χ4v) is 3.94. The molecule has 1 amide bonds. The Kier molecular flexibility index (Phi) is 7.43. The van der Waals surface area contributed by atoms with Crippen molar-refractivity contribution in [1.82, 2.24) is 20.1 Å². The third-order valence-corrected chi connectivity index (χ3v) is 5.66. The molecule has 1 fully saturated rings. The van der Waals surface area contributed by atoms with E-state index in [9.17, 15) is 4.79 Å². The van der Waals surface area contributed by atoms with Crippen molar-refractivity contribution in [2.45, 2.75) is 45.4 Å². The molecule has 0 aliphatic carbocycles. The summed E-state index contributed by atoms with van der Waals surface area (Å²) in [6.45, 7) is 7.96. The van der Waals surface area contributed by atoms with Crippen LogP contribution in [0.2, 0.25) is 5.02 Å². The topological polar surface area (TPSA) is 48.5 Å². The van der Waals surface area contributed by atoms with Crippen LogP contribution < -0.4 is 5.32 Å². The highest BCUT2D eigenvalue weighted by Crippen LogP contribution is 2.23. The van der Waals surface area contributed by atoms with Gasteiger partial charge in [0.15, 0.2) is 0 Å². The number of hydrogen-bond donors (Lipinski definition) is 1. The number of nitrogens with one attached hydrogen (secondary N) is 1. The Hall–Kier alpha value is -1.95. The molecule has 0 bridgehead atoms. The smallest absolute Gasteiger partial charge is 0.239 e. The molecule has 0 radical (unpaired) electrons. The quantitative estimate of drug-likeness (QED) is 0.738. The minimum atomic E-state index is -0.0921. The van der Waals surface area contributed by atoms with Crippen LogP contribution in [0.15, 0.2) is 48.8 Å². The zero-order valence-corrected chi connectivity index (χ0v) is 17.4. The number of amides is 1. The van der Waals surface area contributed by atoms with Crippen LogP contribution in [0.3, 0.4) is 0 Å². The number of hydrogen-bond acceptors (Lipinski definition) is 4. The van der Waals surface area contributed by atoms with Crippen molar-refractivity contribution >= 4 is 17.5 Å². The Morgan fingerprint density at radius 1 is 1.14 bits per heavy atom. The van der Waals surface area contributed by atoms with Crippen LogP contribution in [-0.2, 0) is 17.9 Å². The molecule has 1 aliphatic rings. The highest BCUT2D eigenvalue weighted by molar-refractivity contribution is 6.30. The van der Waals surface area contributed by atoms with Gasteiger partial charge in [0.25, 0.3) is 0 Å². The lowest BCUT2D eigenvalue weighted by molar-refractivity contribution is -0.135. The predicted octanol–water partition coefficient (Wildman–Crippen LogP) is 3.34. The van der Waals surface area contributed by atoms with E-state index in [2.05, 4.69) is 15.2 Å². The molecule has 1 aromatic carbocycles. The van der Waals surface area contributed by atoms with Crippen LogP contribution in [0.25, 0.3) is 0 Å². The van der Waals surface area contributed by atoms with E-state index in [0.29, 0.717) is 0 Å². The highest BCUT2D eigenvalue weighted by atomic mass is 35.5. The summed E-state index contributed by atoms with van der Waals surface area (Å²) in [6, 6.07) is 12.1. The molecule has 2 aromatic rings. The van der Waals surface area contributed by atoms with Crippen molar-refractivity contribution in [2.75, 3.05) is 19.6 Å². The first-order valence-corrected chi connectivity index (χ1v) is 10.4. The van der Waals surface area contributed by atoms with Crippen LogP contribution in [0, 0.1) is 0 Å². The van der Waals surface area contributed by atoms with Crippen LogP contribution >= 0.6 is 11.6 Å². The van der Waals surface area contributed by atoms with Crippen molar-refractivity contribution in [1.29, 1.82) is 0 Å². The van der Waals surface area contributed by atoms with Gasteiger partial charge in [0.05, 0.1) is 6.04 Å². The van der Waals surface area contributed by atoms with E-state index >= 15 is 0 Å². The Morgan fingerprint density at radius 2 is 1.82 bits per heavy atom. The Labute approximate surface area is 172 Å². The molecule has 0 saturated carbocycles. The molecule has 1 aromatic heterocycles. The Bertz CT molecular complexity index is 749. The second kappa shape index (κ2) is 10.0. The summed E-state index contributed by atoms with van der Waals surface area (Å²) < 4.78 is 0. The van der Waals surface area contributed by atoms with Crippen LogP contribution in [0.1, 0.15) is 31.4 Å². The van der Waals surface area contributed by atoms with Gasteiger partial charge in [-0.15, -0.1) is 0 Å². The predicted molar refractivity (Wildman–Crippen MR) is 113 cm³/mol. The van der Waals surface area contributed by atoms with Gasteiger partial charge in [-0.1, -0.05) is 23.7 Å². The summed E-state index contributed by atoms with van der Waals surface area (Å²) in [6.07, 6.45) is 4.45. The highest BCUT2D eigenvalue weighted by Gasteiger charge is 2.38. The van der Waals surface area contributed by atoms with E-state index in [-0.39, 0.29) is 18.0 Å². The van der Waals surface area contributed by atoms with Crippen molar-refractivity contribution in [3.8, 4) is 0 Å². The normalized spacial score (nSPS) is 19.7. The lowest BCUT2D eigenvalue weighted by atomic mass is 10.1. The maximum absolute atomic E-state index is 13.1. The first kappa shape index (κ1) is 20.8. The number of aromatic nitrogens is 1. The minimum absolute atomic E-state index is 0.0921. The summed E-state index contributed by atoms with van der Waals surface area (Å²) in [5.74, 6) is 0.229. The summed E-state index contributed by atoms with van der Waals surface area (Å²) in [5.41, 5.74) is 2.38. The molecular formula is C22H29ClN4O. The van der Waals surface area contributed by atoms with E-state index in [1.165, 1.54) is 11.1 Å². The van der Waals surface area contributed by atoms with Crippen molar-refractivity contribution in [2.24, 2.45) is 0 Å². The number of halogens is 1. The van der Waals surface area contributed by atoms with Gasteiger partial charge in [0.1, 0.15) is 0 Å². The monoisotopic (exact) mass is 400 g/mol. The Morgan fingerprint density at radius 3 is 2.46 bits per heavy atom. The van der Waals surface area contributed by atoms with Gasteiger partial charge in [-0.2, -0.15) is 0 Å². The first-order valence-electron chi connectivity index (χ1n) is 10.00. The molecular weight excluding hydrogens is 372 g/mol. The lowest BCUT2D eigenvalue weighted by Crippen LogP contribution is -2.45. The van der Waals surface area contributed by atoms with E-state index in [4.69, 9.17) is 11.6 Å². The van der Waals surface area contributed by atoms with Crippen molar-refractivity contribution < 1.29 is 4.79 Å². The molecule has 6 heteroatoms. The third-order valence-electron chi connectivity index (χ3n) is 5.41. The number of benzene rings is 1. The molecule has 2 atom stereocenters. The fourth-order valence-electron chi connectivity index (χ4n) is 3.82. The van der Waals surface area contributed by atoms with Gasteiger partial charge in [-0.25, -0.2) is 0 Å². The number of likely N-dealkylation sites (tertiary alicyclic amines) is 1. The SMILES string of the molecule is CCN(CC)C(=O)[C@@H]1C[C@@H](NCc2ccncc2)CN1Cc1ccc(Cl)cc1. The zero-order valence-electron chi connectivity index (χ0n) is 16.6. The zero-order chi connectivity index (χ0) is 19.9. The largest absolute Gasteiger partial charge is 0.342 e. The molecule has 150 valence electrons. The molecule has 5 nitrogen and oxygen atoms in total. The molecule has 28 heavy (non-hydrogen) atoms. The maximum Gasteiger partial charge on any atom is 0.239 e. The number of pyridine rings is 1. The standard InChI is InChI=1S/C22H29ClN4O/c1-3-26(4-2)22(28)21-13-20(25-14-17-9-11-24-12-10-17)16-27(21)15-18-5-7-19(23)8-6-18/h5-12,20-21,25H,3-4,13-16H2,1-2H3/t20-,21+/m1/s1. The van der Waals surface area contributed by atoms with Crippen LogP contribution in [-0.4, -0.2) is 52.4 Å². The van der Waals surface area contributed by atoms with Gasteiger partial charge in [-0.05, 0) is 55.7 Å². The van der Waals surface area contributed by atoms with Crippen LogP contribution in [0.4, 0.5) is 0 Å². The second-order valence-electron chi connectivity index (χ2n) is 7.25. The number of nitrogens with zero attached hydrogens (tertiary/aromatic N) is 3. The van der Waals surface area contributed by atoms with E-state index in [1.807, 2.05) is 67.5 Å². The number of carbonyl (C=O) groups excluding carboxylic acids is 1. The van der Waals surface area contributed by atoms with Gasteiger partial charge < -0.3 is 10.2 Å². The first-order chi connectivity index (χ1) is 13.6. The average molecular weight is 401 g/mol. The number of likely N-dealkylation sites (N-methyl/N-ethyl adjacent to an activating group) is 1. The van der Waals surface area contributed by atoms with Crippen molar-refractivity contribution in [3.63, 3.8) is 0 Å². The second-order valence-corrected chi connectivity index (χ2v) is 7.69. The lowest BCUT2D eigenvalue weighted by Gasteiger charge is -2.28. The molecule has 1 N–H and O–H groups in total. The summed E-state index contributed by atoms with van der Waals surface area (Å²) in [7, 11) is 0. The Balaban J connectivity index is 1.69. The van der Waals surface area contributed by atoms with E-state index < -0.39 is 0 Å². The number of carbonyl (C=O) groups is 1.